The molecule has 1 saturated heterocycles. The fourth-order valence-corrected chi connectivity index (χ4v) is 1.59. The summed E-state index contributed by atoms with van der Waals surface area (Å²) in [5, 5.41) is 0. The van der Waals surface area contributed by atoms with Crippen LogP contribution >= 0.6 is 0 Å². The third kappa shape index (κ3) is 1.88. The van der Waals surface area contributed by atoms with Crippen molar-refractivity contribution in [1.82, 2.24) is 9.80 Å². The molecular formula is C8H17N3O. The molecular weight excluding hydrogens is 154 g/mol. The van der Waals surface area contributed by atoms with Crippen molar-refractivity contribution in [2.75, 3.05) is 26.7 Å². The highest BCUT2D eigenvalue weighted by molar-refractivity contribution is 5.72. The highest BCUT2D eigenvalue weighted by Crippen LogP contribution is 2.09. The average Bonchev–Trinajstić information content (AvgIpc) is 2.05. The number of likely N-dealkylation sites (N-methyl/N-ethyl adjacent to an activating group) is 1. The first kappa shape index (κ1) is 9.32. The Hall–Kier alpha value is -0.770. The Morgan fingerprint density at radius 2 is 2.25 bits per heavy atom. The van der Waals surface area contributed by atoms with Gasteiger partial charge in [0.15, 0.2) is 0 Å². The molecule has 0 spiro atoms. The van der Waals surface area contributed by atoms with E-state index in [1.54, 1.807) is 4.90 Å². The number of nitrogens with zero attached hydrogens (tertiary/aromatic N) is 2. The lowest BCUT2D eigenvalue weighted by atomic mass is 10.1. The van der Waals surface area contributed by atoms with E-state index in [9.17, 15) is 4.79 Å². The number of urea groups is 1. The predicted molar refractivity (Wildman–Crippen MR) is 47.9 cm³/mol. The maximum atomic E-state index is 10.9. The SMILES string of the molecule is CC[C@H]1CN(C(N)=O)CCN1C. The van der Waals surface area contributed by atoms with Gasteiger partial charge in [-0.2, -0.15) is 0 Å². The van der Waals surface area contributed by atoms with Crippen LogP contribution in [-0.4, -0.2) is 48.6 Å². The van der Waals surface area contributed by atoms with Gasteiger partial charge in [0.05, 0.1) is 0 Å². The van der Waals surface area contributed by atoms with Crippen LogP contribution in [0.2, 0.25) is 0 Å². The Labute approximate surface area is 73.3 Å². The van der Waals surface area contributed by atoms with Crippen LogP contribution < -0.4 is 5.73 Å². The second-order valence-corrected chi connectivity index (χ2v) is 3.33. The number of hydrogen-bond acceptors (Lipinski definition) is 2. The van der Waals surface area contributed by atoms with Gasteiger partial charge in [-0.05, 0) is 13.5 Å². The Morgan fingerprint density at radius 1 is 1.58 bits per heavy atom. The van der Waals surface area contributed by atoms with Crippen LogP contribution in [0.4, 0.5) is 4.79 Å². The van der Waals surface area contributed by atoms with E-state index in [1.165, 1.54) is 0 Å². The number of amides is 2. The van der Waals surface area contributed by atoms with E-state index in [-0.39, 0.29) is 6.03 Å². The van der Waals surface area contributed by atoms with Crippen LogP contribution in [0, 0.1) is 0 Å². The van der Waals surface area contributed by atoms with Crippen molar-refractivity contribution in [3.8, 4) is 0 Å². The number of carbonyl (C=O) groups excluding carboxylic acids is 1. The molecule has 1 heterocycles. The summed E-state index contributed by atoms with van der Waals surface area (Å²) in [6.07, 6.45) is 1.07. The highest BCUT2D eigenvalue weighted by atomic mass is 16.2. The lowest BCUT2D eigenvalue weighted by molar-refractivity contribution is 0.112. The second-order valence-electron chi connectivity index (χ2n) is 3.33. The number of rotatable bonds is 1. The molecule has 0 aliphatic carbocycles. The summed E-state index contributed by atoms with van der Waals surface area (Å²) in [6, 6.07) is 0.188. The van der Waals surface area contributed by atoms with Gasteiger partial charge < -0.3 is 10.6 Å². The molecule has 2 amide bonds. The zero-order valence-corrected chi connectivity index (χ0v) is 7.79. The molecule has 1 rings (SSSR count). The average molecular weight is 171 g/mol. The van der Waals surface area contributed by atoms with Crippen molar-refractivity contribution in [3.63, 3.8) is 0 Å². The van der Waals surface area contributed by atoms with E-state index in [0.717, 1.165) is 26.1 Å². The standard InChI is InChI=1S/C8H17N3O/c1-3-7-6-11(8(9)12)5-4-10(7)2/h7H,3-6H2,1-2H3,(H2,9,12)/t7-/m0/s1. The second kappa shape index (κ2) is 3.76. The zero-order chi connectivity index (χ0) is 9.14. The van der Waals surface area contributed by atoms with Crippen molar-refractivity contribution in [1.29, 1.82) is 0 Å². The first-order valence-corrected chi connectivity index (χ1v) is 4.39. The summed E-state index contributed by atoms with van der Waals surface area (Å²) in [6.45, 7) is 4.61. The van der Waals surface area contributed by atoms with Crippen molar-refractivity contribution < 1.29 is 4.79 Å². The van der Waals surface area contributed by atoms with Gasteiger partial charge in [-0.25, -0.2) is 4.79 Å². The molecule has 4 nitrogen and oxygen atoms in total. The fraction of sp³-hybridized carbons (Fsp3) is 0.875. The highest BCUT2D eigenvalue weighted by Gasteiger charge is 2.24. The maximum Gasteiger partial charge on any atom is 0.314 e. The van der Waals surface area contributed by atoms with Gasteiger partial charge in [0, 0.05) is 25.7 Å². The Balaban J connectivity index is 2.49. The predicted octanol–water partition coefficient (Wildman–Crippen LogP) is 0.0911. The van der Waals surface area contributed by atoms with E-state index < -0.39 is 0 Å². The van der Waals surface area contributed by atoms with Gasteiger partial charge in [0.25, 0.3) is 0 Å². The van der Waals surface area contributed by atoms with Gasteiger partial charge in [-0.3, -0.25) is 4.90 Å². The first-order chi connectivity index (χ1) is 5.65. The van der Waals surface area contributed by atoms with Gasteiger partial charge in [-0.1, -0.05) is 6.92 Å². The maximum absolute atomic E-state index is 10.9. The van der Waals surface area contributed by atoms with E-state index >= 15 is 0 Å². The smallest absolute Gasteiger partial charge is 0.314 e. The molecule has 0 aromatic heterocycles. The molecule has 12 heavy (non-hydrogen) atoms. The third-order valence-electron chi connectivity index (χ3n) is 2.56. The topological polar surface area (TPSA) is 49.6 Å². The van der Waals surface area contributed by atoms with Gasteiger partial charge in [-0.15, -0.1) is 0 Å². The van der Waals surface area contributed by atoms with Crippen LogP contribution in [-0.2, 0) is 0 Å². The molecule has 1 fully saturated rings. The van der Waals surface area contributed by atoms with Crippen LogP contribution in [0.5, 0.6) is 0 Å². The lowest BCUT2D eigenvalue weighted by Crippen LogP contribution is -2.54. The molecule has 1 atom stereocenters. The summed E-state index contributed by atoms with van der Waals surface area (Å²) in [4.78, 5) is 14.8. The summed E-state index contributed by atoms with van der Waals surface area (Å²) in [7, 11) is 2.09. The monoisotopic (exact) mass is 171 g/mol. The largest absolute Gasteiger partial charge is 0.351 e. The van der Waals surface area contributed by atoms with Crippen molar-refractivity contribution in [2.24, 2.45) is 5.73 Å². The first-order valence-electron chi connectivity index (χ1n) is 4.39. The van der Waals surface area contributed by atoms with Crippen LogP contribution in [0.25, 0.3) is 0 Å². The quantitative estimate of drug-likeness (QED) is 0.608. The fourth-order valence-electron chi connectivity index (χ4n) is 1.59. The minimum absolute atomic E-state index is 0.290. The normalized spacial score (nSPS) is 25.8. The molecule has 0 aromatic rings. The molecule has 0 bridgehead atoms. The Bertz CT molecular complexity index is 172. The summed E-state index contributed by atoms with van der Waals surface area (Å²) in [5.41, 5.74) is 5.20. The Morgan fingerprint density at radius 3 is 2.75 bits per heavy atom. The number of carbonyl (C=O) groups is 1. The molecule has 0 saturated carbocycles. The third-order valence-corrected chi connectivity index (χ3v) is 2.56. The summed E-state index contributed by atoms with van der Waals surface area (Å²) >= 11 is 0. The number of piperazine rings is 1. The summed E-state index contributed by atoms with van der Waals surface area (Å²) in [5.74, 6) is 0. The molecule has 70 valence electrons. The minimum atomic E-state index is -0.290. The van der Waals surface area contributed by atoms with Gasteiger partial charge in [0.1, 0.15) is 0 Å². The number of hydrogen-bond donors (Lipinski definition) is 1. The van der Waals surface area contributed by atoms with E-state index in [0.29, 0.717) is 6.04 Å². The van der Waals surface area contributed by atoms with E-state index in [2.05, 4.69) is 18.9 Å². The van der Waals surface area contributed by atoms with Crippen molar-refractivity contribution >= 4 is 6.03 Å². The molecule has 0 aromatic carbocycles. The van der Waals surface area contributed by atoms with Crippen molar-refractivity contribution in [2.45, 2.75) is 19.4 Å². The van der Waals surface area contributed by atoms with Crippen LogP contribution in [0.3, 0.4) is 0 Å². The molecule has 2 N–H and O–H groups in total. The molecule has 1 aliphatic heterocycles. The number of primary amides is 1. The zero-order valence-electron chi connectivity index (χ0n) is 7.79. The Kier molecular flexibility index (Phi) is 2.92. The summed E-state index contributed by atoms with van der Waals surface area (Å²) < 4.78 is 0. The molecule has 0 radical (unpaired) electrons. The molecule has 1 aliphatic rings. The van der Waals surface area contributed by atoms with E-state index in [4.69, 9.17) is 5.73 Å². The molecule has 0 unspecified atom stereocenters. The van der Waals surface area contributed by atoms with Crippen LogP contribution in [0.15, 0.2) is 0 Å². The van der Waals surface area contributed by atoms with Crippen LogP contribution in [0.1, 0.15) is 13.3 Å². The van der Waals surface area contributed by atoms with E-state index in [1.807, 2.05) is 0 Å². The minimum Gasteiger partial charge on any atom is -0.351 e. The van der Waals surface area contributed by atoms with Gasteiger partial charge >= 0.3 is 6.03 Å². The number of nitrogens with two attached hydrogens (primary N) is 1. The van der Waals surface area contributed by atoms with Crippen molar-refractivity contribution in [3.05, 3.63) is 0 Å². The lowest BCUT2D eigenvalue weighted by Gasteiger charge is -2.38. The molecule has 4 heteroatoms. The van der Waals surface area contributed by atoms with Gasteiger partial charge in [0.2, 0.25) is 0 Å².